The van der Waals surface area contributed by atoms with E-state index in [0.717, 1.165) is 29.2 Å². The predicted molar refractivity (Wildman–Crippen MR) is 128 cm³/mol. The average molecular weight is 427 g/mol. The van der Waals surface area contributed by atoms with Crippen LogP contribution in [0.2, 0.25) is 18.6 Å². The topological polar surface area (TPSA) is 0 Å². The number of thiophene rings is 2. The second-order valence-electron chi connectivity index (χ2n) is 10.6. The van der Waals surface area contributed by atoms with Gasteiger partial charge in [0.2, 0.25) is 0 Å². The molecule has 5 atom stereocenters. The van der Waals surface area contributed by atoms with Crippen LogP contribution in [0.25, 0.3) is 11.1 Å². The van der Waals surface area contributed by atoms with Gasteiger partial charge in [-0.3, -0.25) is 0 Å². The molecule has 0 N–H and O–H groups in total. The lowest BCUT2D eigenvalue weighted by Gasteiger charge is -2.46. The van der Waals surface area contributed by atoms with E-state index >= 15 is 0 Å². The molecule has 0 radical (unpaired) electrons. The third-order valence-electron chi connectivity index (χ3n) is 8.29. The molecular weight excluding hydrogens is 392 g/mol. The zero-order chi connectivity index (χ0) is 20.0. The van der Waals surface area contributed by atoms with Gasteiger partial charge in [0.1, 0.15) is 0 Å². The number of hydrogen-bond acceptors (Lipinski definition) is 2. The number of fused-ring (bicyclic) bond motifs is 4. The lowest BCUT2D eigenvalue weighted by molar-refractivity contribution is 0.155. The van der Waals surface area contributed by atoms with Gasteiger partial charge in [-0.25, -0.2) is 0 Å². The summed E-state index contributed by atoms with van der Waals surface area (Å²) in [5, 5.41) is 0. The van der Waals surface area contributed by atoms with Crippen LogP contribution in [-0.4, -0.2) is 8.07 Å². The first kappa shape index (κ1) is 19.3. The Balaban J connectivity index is 1.63. The highest BCUT2D eigenvalue weighted by atomic mass is 32.1. The molecule has 0 nitrogen and oxygen atoms in total. The Labute approximate surface area is 180 Å². The molecule has 0 spiro atoms. The van der Waals surface area contributed by atoms with Crippen molar-refractivity contribution < 1.29 is 0 Å². The minimum Gasteiger partial charge on any atom is -0.145 e. The van der Waals surface area contributed by atoms with Crippen LogP contribution in [0.4, 0.5) is 0 Å². The SMILES string of the molecule is CC1=CC2C(C)CCC(C)C2C1[Si](C)(C)C1c2sc(C)cc2-c2cc(C)sc21. The van der Waals surface area contributed by atoms with Crippen LogP contribution in [0.15, 0.2) is 23.8 Å². The molecule has 2 heterocycles. The molecule has 2 aromatic heterocycles. The summed E-state index contributed by atoms with van der Waals surface area (Å²) in [7, 11) is -1.60. The van der Waals surface area contributed by atoms with Gasteiger partial charge in [-0.1, -0.05) is 45.0 Å². The van der Waals surface area contributed by atoms with Gasteiger partial charge in [0, 0.05) is 25.0 Å². The van der Waals surface area contributed by atoms with Crippen molar-refractivity contribution in [2.75, 3.05) is 0 Å². The Morgan fingerprint density at radius 3 is 1.96 bits per heavy atom. The summed E-state index contributed by atoms with van der Waals surface area (Å²) < 4.78 is 0. The van der Waals surface area contributed by atoms with Gasteiger partial charge in [0.05, 0.1) is 8.07 Å². The van der Waals surface area contributed by atoms with E-state index in [1.807, 2.05) is 0 Å². The molecule has 28 heavy (non-hydrogen) atoms. The first-order chi connectivity index (χ1) is 13.2. The maximum atomic E-state index is 2.73. The van der Waals surface area contributed by atoms with E-state index in [9.17, 15) is 0 Å². The zero-order valence-corrected chi connectivity index (χ0v) is 21.1. The molecule has 150 valence electrons. The van der Waals surface area contributed by atoms with Crippen LogP contribution in [0, 0.1) is 37.5 Å². The van der Waals surface area contributed by atoms with Crippen LogP contribution in [-0.2, 0) is 0 Å². The Morgan fingerprint density at radius 2 is 1.39 bits per heavy atom. The fraction of sp³-hybridized carbons (Fsp3) is 0.600. The predicted octanol–water partition coefficient (Wildman–Crippen LogP) is 8.41. The summed E-state index contributed by atoms with van der Waals surface area (Å²) >= 11 is 4.18. The third kappa shape index (κ3) is 2.58. The van der Waals surface area contributed by atoms with Gasteiger partial charge in [-0.05, 0) is 79.7 Å². The lowest BCUT2D eigenvalue weighted by atomic mass is 9.69. The molecule has 5 rings (SSSR count). The van der Waals surface area contributed by atoms with Gasteiger partial charge in [0.25, 0.3) is 0 Å². The highest BCUT2D eigenvalue weighted by molar-refractivity contribution is 7.16. The highest BCUT2D eigenvalue weighted by Crippen LogP contribution is 2.63. The van der Waals surface area contributed by atoms with Gasteiger partial charge in [0.15, 0.2) is 0 Å². The summed E-state index contributed by atoms with van der Waals surface area (Å²) in [6.45, 7) is 17.6. The summed E-state index contributed by atoms with van der Waals surface area (Å²) in [6.07, 6.45) is 5.58. The lowest BCUT2D eigenvalue weighted by Crippen LogP contribution is -2.46. The summed E-state index contributed by atoms with van der Waals surface area (Å²) in [4.78, 5) is 6.40. The van der Waals surface area contributed by atoms with Crippen molar-refractivity contribution in [3.63, 3.8) is 0 Å². The van der Waals surface area contributed by atoms with Crippen molar-refractivity contribution in [1.29, 1.82) is 0 Å². The summed E-state index contributed by atoms with van der Waals surface area (Å²) in [6, 6.07) is 4.95. The summed E-state index contributed by atoms with van der Waals surface area (Å²) in [5.41, 5.74) is 6.43. The van der Waals surface area contributed by atoms with Gasteiger partial charge < -0.3 is 0 Å². The number of rotatable bonds is 2. The molecule has 2 aromatic rings. The Kier molecular flexibility index (Phi) is 4.44. The Bertz CT molecular complexity index is 913. The normalized spacial score (nSPS) is 32.2. The first-order valence-electron chi connectivity index (χ1n) is 11.1. The molecule has 1 fully saturated rings. The number of hydrogen-bond donors (Lipinski definition) is 0. The van der Waals surface area contributed by atoms with Crippen LogP contribution in [0.1, 0.15) is 58.7 Å². The standard InChI is InChI=1S/C25H34S2Si/c1-13-8-9-14(2)21-18(13)10-15(3)24(21)28(6,7)25-22-19(11-16(4)26-22)20-12-17(5)27-23(20)25/h10-14,18,21,24-25H,8-9H2,1-7H3. The molecule has 0 amide bonds. The first-order valence-corrected chi connectivity index (χ1v) is 15.9. The summed E-state index contributed by atoms with van der Waals surface area (Å²) in [5.74, 6) is 3.46. The smallest absolute Gasteiger partial charge is 0.0699 e. The van der Waals surface area contributed by atoms with E-state index in [-0.39, 0.29) is 0 Å². The minimum atomic E-state index is -1.60. The second-order valence-corrected chi connectivity index (χ2v) is 18.0. The third-order valence-corrected chi connectivity index (χ3v) is 15.5. The van der Waals surface area contributed by atoms with Crippen LogP contribution < -0.4 is 0 Å². The maximum Gasteiger partial charge on any atom is 0.0699 e. The fourth-order valence-corrected chi connectivity index (χ4v) is 16.3. The van der Waals surface area contributed by atoms with E-state index in [2.05, 4.69) is 88.6 Å². The molecule has 0 aliphatic heterocycles. The number of allylic oxidation sites excluding steroid dienone is 2. The van der Waals surface area contributed by atoms with Crippen molar-refractivity contribution >= 4 is 30.7 Å². The molecule has 5 unspecified atom stereocenters. The molecule has 3 aliphatic carbocycles. The molecular formula is C25H34S2Si. The van der Waals surface area contributed by atoms with E-state index in [0.29, 0.717) is 5.54 Å². The monoisotopic (exact) mass is 426 g/mol. The Morgan fingerprint density at radius 1 is 0.857 bits per heavy atom. The zero-order valence-electron chi connectivity index (χ0n) is 18.4. The quantitative estimate of drug-likeness (QED) is 0.334. The Hall–Kier alpha value is -0.643. The number of aryl methyl sites for hydroxylation is 2. The van der Waals surface area contributed by atoms with Gasteiger partial charge in [-0.2, -0.15) is 0 Å². The minimum absolute atomic E-state index is 0.700. The van der Waals surface area contributed by atoms with Crippen LogP contribution in [0.3, 0.4) is 0 Å². The average Bonchev–Trinajstić information content (AvgIpc) is 3.30. The van der Waals surface area contributed by atoms with Gasteiger partial charge in [-0.15, -0.1) is 22.7 Å². The molecule has 3 aliphatic rings. The van der Waals surface area contributed by atoms with Crippen LogP contribution in [0.5, 0.6) is 0 Å². The van der Waals surface area contributed by atoms with E-state index < -0.39 is 8.07 Å². The van der Waals surface area contributed by atoms with Crippen molar-refractivity contribution in [2.45, 2.75) is 71.6 Å². The largest absolute Gasteiger partial charge is 0.145 e. The van der Waals surface area contributed by atoms with E-state index in [1.54, 1.807) is 26.5 Å². The van der Waals surface area contributed by atoms with Crippen molar-refractivity contribution in [3.8, 4) is 11.1 Å². The molecule has 0 bridgehead atoms. The molecule has 1 saturated carbocycles. The maximum absolute atomic E-state index is 2.73. The van der Waals surface area contributed by atoms with Crippen LogP contribution >= 0.6 is 22.7 Å². The van der Waals surface area contributed by atoms with E-state index in [1.165, 1.54) is 22.6 Å². The second kappa shape index (κ2) is 6.43. The van der Waals surface area contributed by atoms with Crippen molar-refractivity contribution in [2.24, 2.45) is 23.7 Å². The van der Waals surface area contributed by atoms with Gasteiger partial charge >= 0.3 is 0 Å². The van der Waals surface area contributed by atoms with E-state index in [4.69, 9.17) is 0 Å². The molecule has 3 heteroatoms. The fourth-order valence-electron chi connectivity index (χ4n) is 7.18. The molecule has 0 aromatic carbocycles. The molecule has 0 saturated heterocycles. The van der Waals surface area contributed by atoms with Crippen molar-refractivity contribution in [3.05, 3.63) is 43.3 Å². The van der Waals surface area contributed by atoms with Crippen molar-refractivity contribution in [1.82, 2.24) is 0 Å². The highest BCUT2D eigenvalue weighted by Gasteiger charge is 2.55.